The van der Waals surface area contributed by atoms with Gasteiger partial charge in [0.25, 0.3) is 0 Å². The van der Waals surface area contributed by atoms with Crippen molar-refractivity contribution in [1.29, 1.82) is 0 Å². The van der Waals surface area contributed by atoms with E-state index in [4.69, 9.17) is 4.74 Å². The van der Waals surface area contributed by atoms with E-state index < -0.39 is 36.2 Å². The third-order valence-electron chi connectivity index (χ3n) is 5.61. The Hall–Kier alpha value is -3.39. The van der Waals surface area contributed by atoms with Gasteiger partial charge in [0, 0.05) is 5.92 Å². The topological polar surface area (TPSA) is 125 Å². The van der Waals surface area contributed by atoms with E-state index >= 15 is 0 Å². The van der Waals surface area contributed by atoms with Crippen molar-refractivity contribution in [2.24, 2.45) is 5.92 Å². The molecule has 3 atom stereocenters. The number of ether oxygens (including phenoxy) is 1. The molecule has 4 N–H and O–H groups in total. The Morgan fingerprint density at radius 2 is 1.44 bits per heavy atom. The van der Waals surface area contributed by atoms with Crippen LogP contribution in [-0.2, 0) is 14.3 Å². The zero-order valence-electron chi connectivity index (χ0n) is 18.2. The molecule has 0 aliphatic heterocycles. The van der Waals surface area contributed by atoms with Crippen molar-refractivity contribution < 1.29 is 29.3 Å². The first-order valence-corrected chi connectivity index (χ1v) is 10.5. The lowest BCUT2D eigenvalue weighted by molar-refractivity contribution is -0.145. The van der Waals surface area contributed by atoms with Crippen LogP contribution >= 0.6 is 0 Å². The minimum Gasteiger partial charge on any atom is -0.480 e. The zero-order chi connectivity index (χ0) is 23.4. The summed E-state index contributed by atoms with van der Waals surface area (Å²) in [6, 6.07) is 13.4. The normalized spacial score (nSPS) is 15.3. The number of hydrogen-bond acceptors (Lipinski definition) is 5. The van der Waals surface area contributed by atoms with Crippen molar-refractivity contribution in [3.05, 3.63) is 59.7 Å². The molecule has 0 spiro atoms. The van der Waals surface area contributed by atoms with Crippen molar-refractivity contribution in [3.63, 3.8) is 0 Å². The van der Waals surface area contributed by atoms with Crippen LogP contribution in [0.15, 0.2) is 48.5 Å². The number of benzene rings is 2. The average molecular weight is 440 g/mol. The molecule has 0 radical (unpaired) electrons. The Morgan fingerprint density at radius 3 is 1.91 bits per heavy atom. The number of aliphatic hydroxyl groups is 1. The first-order valence-electron chi connectivity index (χ1n) is 10.5. The van der Waals surface area contributed by atoms with Gasteiger partial charge in [0.15, 0.2) is 6.04 Å². The van der Waals surface area contributed by atoms with Crippen LogP contribution in [0, 0.1) is 5.92 Å². The van der Waals surface area contributed by atoms with Gasteiger partial charge in [0.2, 0.25) is 5.91 Å². The number of aliphatic hydroxyl groups excluding tert-OH is 1. The summed E-state index contributed by atoms with van der Waals surface area (Å²) in [5, 5.41) is 23.6. The molecule has 0 fully saturated rings. The van der Waals surface area contributed by atoms with Crippen LogP contribution in [0.5, 0.6) is 0 Å². The van der Waals surface area contributed by atoms with Gasteiger partial charge in [-0.1, -0.05) is 62.4 Å². The minimum atomic E-state index is -1.48. The third-order valence-corrected chi connectivity index (χ3v) is 5.61. The van der Waals surface area contributed by atoms with E-state index in [1.165, 1.54) is 6.92 Å². The predicted molar refractivity (Wildman–Crippen MR) is 118 cm³/mol. The monoisotopic (exact) mass is 440 g/mol. The molecular weight excluding hydrogens is 412 g/mol. The first kappa shape index (κ1) is 23.3. The van der Waals surface area contributed by atoms with Gasteiger partial charge < -0.3 is 25.6 Å². The molecule has 1 aliphatic rings. The second-order valence-electron chi connectivity index (χ2n) is 8.26. The Morgan fingerprint density at radius 1 is 0.906 bits per heavy atom. The second-order valence-corrected chi connectivity index (χ2v) is 8.26. The standard InChI is InChI=1S/C24H28N2O6/c1-13(2)20(22(28)25-21(14(3)27)23(29)30)26-24(31)32-12-19-17-10-6-4-8-15(17)16-9-5-7-11-18(16)19/h4-11,13-14,19-21,27H,12H2,1-3H3,(H,25,28)(H,26,31)(H,29,30)/t14?,20-,21?/m0/s1. The molecule has 0 saturated carbocycles. The number of carboxylic acid groups (broad SMARTS) is 1. The minimum absolute atomic E-state index is 0.0950. The summed E-state index contributed by atoms with van der Waals surface area (Å²) in [4.78, 5) is 36.3. The van der Waals surface area contributed by atoms with Crippen molar-refractivity contribution in [1.82, 2.24) is 10.6 Å². The Kier molecular flexibility index (Phi) is 7.15. The molecule has 0 heterocycles. The number of hydrogen-bond donors (Lipinski definition) is 4. The van der Waals surface area contributed by atoms with E-state index in [0.29, 0.717) is 0 Å². The SMILES string of the molecule is CC(O)C(NC(=O)[C@@H](NC(=O)OCC1c2ccccc2-c2ccccc21)C(C)C)C(=O)O. The van der Waals surface area contributed by atoms with Gasteiger partial charge in [0.1, 0.15) is 12.6 Å². The number of amides is 2. The average Bonchev–Trinajstić information content (AvgIpc) is 3.07. The Bertz CT molecular complexity index is 958. The van der Waals surface area contributed by atoms with E-state index in [1.54, 1.807) is 13.8 Å². The molecule has 32 heavy (non-hydrogen) atoms. The predicted octanol–water partition coefficient (Wildman–Crippen LogP) is 2.50. The van der Waals surface area contributed by atoms with E-state index in [0.717, 1.165) is 22.3 Å². The van der Waals surface area contributed by atoms with Gasteiger partial charge in [-0.25, -0.2) is 9.59 Å². The molecule has 3 rings (SSSR count). The molecule has 0 bridgehead atoms. The van der Waals surface area contributed by atoms with E-state index in [1.807, 2.05) is 48.5 Å². The molecule has 2 amide bonds. The van der Waals surface area contributed by atoms with Crippen LogP contribution in [0.25, 0.3) is 11.1 Å². The molecule has 8 nitrogen and oxygen atoms in total. The second kappa shape index (κ2) is 9.82. The maximum Gasteiger partial charge on any atom is 0.407 e. The number of carboxylic acids is 1. The molecule has 2 aromatic rings. The fourth-order valence-corrected chi connectivity index (χ4v) is 3.93. The quantitative estimate of drug-likeness (QED) is 0.500. The number of rotatable bonds is 8. The fourth-order valence-electron chi connectivity index (χ4n) is 3.93. The largest absolute Gasteiger partial charge is 0.480 e. The molecule has 2 unspecified atom stereocenters. The van der Waals surface area contributed by atoms with Gasteiger partial charge >= 0.3 is 12.1 Å². The van der Waals surface area contributed by atoms with Crippen molar-refractivity contribution in [2.45, 2.75) is 44.9 Å². The number of aliphatic carboxylic acids is 1. The number of nitrogens with one attached hydrogen (secondary N) is 2. The van der Waals surface area contributed by atoms with Gasteiger partial charge in [-0.15, -0.1) is 0 Å². The maximum absolute atomic E-state index is 12.6. The van der Waals surface area contributed by atoms with Gasteiger partial charge in [0.05, 0.1) is 6.10 Å². The van der Waals surface area contributed by atoms with Crippen LogP contribution in [0.4, 0.5) is 4.79 Å². The van der Waals surface area contributed by atoms with E-state index in [9.17, 15) is 24.6 Å². The van der Waals surface area contributed by atoms with Crippen molar-refractivity contribution in [2.75, 3.05) is 6.61 Å². The molecular formula is C24H28N2O6. The highest BCUT2D eigenvalue weighted by Crippen LogP contribution is 2.44. The lowest BCUT2D eigenvalue weighted by atomic mass is 9.98. The summed E-state index contributed by atoms with van der Waals surface area (Å²) in [6.45, 7) is 4.79. The highest BCUT2D eigenvalue weighted by atomic mass is 16.5. The first-order chi connectivity index (χ1) is 15.2. The van der Waals surface area contributed by atoms with Crippen LogP contribution < -0.4 is 10.6 Å². The highest BCUT2D eigenvalue weighted by molar-refractivity contribution is 5.89. The van der Waals surface area contributed by atoms with Crippen molar-refractivity contribution >= 4 is 18.0 Å². The van der Waals surface area contributed by atoms with Crippen LogP contribution in [0.2, 0.25) is 0 Å². The summed E-state index contributed by atoms with van der Waals surface area (Å²) >= 11 is 0. The number of carbonyl (C=O) groups is 3. The summed E-state index contributed by atoms with van der Waals surface area (Å²) in [5.41, 5.74) is 4.35. The molecule has 0 aromatic heterocycles. The maximum atomic E-state index is 12.6. The fraction of sp³-hybridized carbons (Fsp3) is 0.375. The molecule has 8 heteroatoms. The highest BCUT2D eigenvalue weighted by Gasteiger charge is 2.32. The van der Waals surface area contributed by atoms with E-state index in [2.05, 4.69) is 10.6 Å². The number of alkyl carbamates (subject to hydrolysis) is 1. The van der Waals surface area contributed by atoms with Crippen molar-refractivity contribution in [3.8, 4) is 11.1 Å². The third kappa shape index (κ3) is 4.91. The molecule has 2 aromatic carbocycles. The molecule has 170 valence electrons. The van der Waals surface area contributed by atoms with Gasteiger partial charge in [-0.05, 0) is 35.1 Å². The van der Waals surface area contributed by atoms with E-state index in [-0.39, 0.29) is 18.4 Å². The lowest BCUT2D eigenvalue weighted by Crippen LogP contribution is -2.56. The smallest absolute Gasteiger partial charge is 0.407 e. The lowest BCUT2D eigenvalue weighted by Gasteiger charge is -2.25. The van der Waals surface area contributed by atoms with Crippen LogP contribution in [0.3, 0.4) is 0 Å². The van der Waals surface area contributed by atoms with Crippen LogP contribution in [-0.4, -0.2) is 53.0 Å². The summed E-state index contributed by atoms with van der Waals surface area (Å²) in [7, 11) is 0. The summed E-state index contributed by atoms with van der Waals surface area (Å²) in [5.74, 6) is -2.52. The Labute approximate surface area is 186 Å². The number of fused-ring (bicyclic) bond motifs is 3. The Balaban J connectivity index is 1.67. The molecule has 1 aliphatic carbocycles. The van der Waals surface area contributed by atoms with Gasteiger partial charge in [-0.2, -0.15) is 0 Å². The molecule has 0 saturated heterocycles. The van der Waals surface area contributed by atoms with Gasteiger partial charge in [-0.3, -0.25) is 4.79 Å². The zero-order valence-corrected chi connectivity index (χ0v) is 18.2. The summed E-state index contributed by atoms with van der Waals surface area (Å²) in [6.07, 6.45) is -2.07. The van der Waals surface area contributed by atoms with Crippen LogP contribution in [0.1, 0.15) is 37.8 Å². The summed E-state index contributed by atoms with van der Waals surface area (Å²) < 4.78 is 5.47. The number of carbonyl (C=O) groups excluding carboxylic acids is 2.